The summed E-state index contributed by atoms with van der Waals surface area (Å²) in [7, 11) is 2.12. The third kappa shape index (κ3) is 1.70. The maximum atomic E-state index is 12.8. The van der Waals surface area contributed by atoms with Gasteiger partial charge in [-0.1, -0.05) is 24.3 Å². The number of phenols is 1. The van der Waals surface area contributed by atoms with Crippen molar-refractivity contribution < 1.29 is 14.9 Å². The number of hydrogen-bond acceptors (Lipinski definition) is 4. The monoisotopic (exact) mass is 414 g/mol. The van der Waals surface area contributed by atoms with E-state index in [1.165, 1.54) is 40.6 Å². The lowest BCUT2D eigenvalue weighted by atomic mass is 9.49. The molecule has 1 saturated carbocycles. The van der Waals surface area contributed by atoms with Crippen LogP contribution in [0.1, 0.15) is 47.8 Å². The number of likely N-dealkylation sites (tertiary alicyclic amines) is 1. The molecule has 8 rings (SSSR count). The standard InChI is InChI=1S/C26H26N2O3/c1-27-18-5-3-2-4-16(18)17-13-26(30)20-12-14-6-9-19(29)23-21(14)25(26,24(31-23)22(17)27)10-11-28(20)15-7-8-15/h2-6,9,15,20,24,29-30H,7-8,10-13H2,1H3/t20-,24+,25+,26-/m1/s1. The Morgan fingerprint density at radius 3 is 2.81 bits per heavy atom. The lowest BCUT2D eigenvalue weighted by Gasteiger charge is -2.63. The van der Waals surface area contributed by atoms with Crippen LogP contribution in [0.25, 0.3) is 10.9 Å². The molecular formula is C26H26N2O3. The van der Waals surface area contributed by atoms with Gasteiger partial charge in [0, 0.05) is 42.0 Å². The van der Waals surface area contributed by atoms with Crippen molar-refractivity contribution in [2.45, 2.75) is 61.3 Å². The second-order valence-corrected chi connectivity index (χ2v) is 10.4. The highest BCUT2D eigenvalue weighted by atomic mass is 16.5. The van der Waals surface area contributed by atoms with Gasteiger partial charge in [-0.2, -0.15) is 0 Å². The maximum Gasteiger partial charge on any atom is 0.166 e. The predicted octanol–water partition coefficient (Wildman–Crippen LogP) is 3.34. The summed E-state index contributed by atoms with van der Waals surface area (Å²) in [6.07, 6.45) is 4.55. The zero-order chi connectivity index (χ0) is 20.7. The van der Waals surface area contributed by atoms with E-state index >= 15 is 0 Å². The van der Waals surface area contributed by atoms with Crippen LogP contribution in [-0.2, 0) is 25.3 Å². The van der Waals surface area contributed by atoms with Crippen LogP contribution < -0.4 is 4.74 Å². The van der Waals surface area contributed by atoms with Gasteiger partial charge in [0.2, 0.25) is 0 Å². The third-order valence-electron chi connectivity index (χ3n) is 9.23. The number of benzene rings is 2. The van der Waals surface area contributed by atoms with Crippen LogP contribution in [0.4, 0.5) is 0 Å². The number of nitrogens with zero attached hydrogens (tertiary/aromatic N) is 2. The highest BCUT2D eigenvalue weighted by Crippen LogP contribution is 2.69. The van der Waals surface area contributed by atoms with Crippen molar-refractivity contribution >= 4 is 10.9 Å². The van der Waals surface area contributed by atoms with Crippen LogP contribution in [0.2, 0.25) is 0 Å². The summed E-state index contributed by atoms with van der Waals surface area (Å²) >= 11 is 0. The summed E-state index contributed by atoms with van der Waals surface area (Å²) in [4.78, 5) is 2.60. The first-order valence-corrected chi connectivity index (χ1v) is 11.6. The van der Waals surface area contributed by atoms with Gasteiger partial charge in [-0.05, 0) is 55.5 Å². The number of phenolic OH excluding ortho intramolecular Hbond substituents is 1. The van der Waals surface area contributed by atoms with Crippen molar-refractivity contribution in [1.82, 2.24) is 9.47 Å². The molecule has 2 fully saturated rings. The number of fused-ring (bicyclic) bond motifs is 4. The van der Waals surface area contributed by atoms with Gasteiger partial charge in [-0.15, -0.1) is 0 Å². The summed E-state index contributed by atoms with van der Waals surface area (Å²) in [5.74, 6) is 0.811. The zero-order valence-corrected chi connectivity index (χ0v) is 17.6. The van der Waals surface area contributed by atoms with E-state index in [1.54, 1.807) is 6.07 Å². The lowest BCUT2D eigenvalue weighted by molar-refractivity contribution is -0.174. The fraction of sp³-hybridized carbons (Fsp3) is 0.462. The van der Waals surface area contributed by atoms with Crippen molar-refractivity contribution in [2.75, 3.05) is 6.54 Å². The number of aryl methyl sites for hydroxylation is 1. The van der Waals surface area contributed by atoms with Gasteiger partial charge in [-0.3, -0.25) is 4.90 Å². The summed E-state index contributed by atoms with van der Waals surface area (Å²) in [5, 5.41) is 24.7. The Morgan fingerprint density at radius 2 is 1.97 bits per heavy atom. The topological polar surface area (TPSA) is 57.9 Å². The molecular weight excluding hydrogens is 388 g/mol. The van der Waals surface area contributed by atoms with Gasteiger partial charge in [0.1, 0.15) is 0 Å². The van der Waals surface area contributed by atoms with E-state index in [0.717, 1.165) is 24.9 Å². The van der Waals surface area contributed by atoms with Crippen molar-refractivity contribution in [2.24, 2.45) is 7.05 Å². The van der Waals surface area contributed by atoms with Crippen molar-refractivity contribution in [3.63, 3.8) is 0 Å². The Morgan fingerprint density at radius 1 is 1.13 bits per heavy atom. The Balaban J connectivity index is 1.49. The van der Waals surface area contributed by atoms with Gasteiger partial charge in [0.05, 0.1) is 16.7 Å². The second-order valence-electron chi connectivity index (χ2n) is 10.4. The third-order valence-corrected chi connectivity index (χ3v) is 9.23. The molecule has 158 valence electrons. The molecule has 2 aromatic carbocycles. The Hall–Kier alpha value is -2.50. The van der Waals surface area contributed by atoms with Gasteiger partial charge >= 0.3 is 0 Å². The van der Waals surface area contributed by atoms with E-state index < -0.39 is 11.0 Å². The van der Waals surface area contributed by atoms with Gasteiger partial charge in [-0.25, -0.2) is 0 Å². The Labute approximate surface area is 180 Å². The first kappa shape index (κ1) is 17.1. The number of para-hydroxylation sites is 1. The average molecular weight is 415 g/mol. The highest BCUT2D eigenvalue weighted by molar-refractivity contribution is 5.87. The van der Waals surface area contributed by atoms with Crippen LogP contribution in [0.15, 0.2) is 36.4 Å². The molecule has 5 nitrogen and oxygen atoms in total. The maximum absolute atomic E-state index is 12.8. The summed E-state index contributed by atoms with van der Waals surface area (Å²) in [6.45, 7) is 0.991. The molecule has 2 N–H and O–H groups in total. The first-order chi connectivity index (χ1) is 15.0. The Kier molecular flexibility index (Phi) is 2.82. The Bertz CT molecular complexity index is 1310. The molecule has 1 spiro atoms. The molecule has 0 radical (unpaired) electrons. The lowest BCUT2D eigenvalue weighted by Crippen LogP contribution is -2.74. The van der Waals surface area contributed by atoms with E-state index in [4.69, 9.17) is 4.74 Å². The molecule has 0 unspecified atom stereocenters. The van der Waals surface area contributed by atoms with Crippen LogP contribution in [0.5, 0.6) is 11.5 Å². The summed E-state index contributed by atoms with van der Waals surface area (Å²) < 4.78 is 8.94. The van der Waals surface area contributed by atoms with E-state index in [9.17, 15) is 10.2 Å². The van der Waals surface area contributed by atoms with Gasteiger partial charge < -0.3 is 19.5 Å². The normalized spacial score (nSPS) is 35.0. The number of hydrogen-bond donors (Lipinski definition) is 2. The van der Waals surface area contributed by atoms with E-state index in [0.29, 0.717) is 18.2 Å². The van der Waals surface area contributed by atoms with E-state index in [-0.39, 0.29) is 17.9 Å². The molecule has 4 atom stereocenters. The fourth-order valence-electron chi connectivity index (χ4n) is 7.87. The molecule has 5 aliphatic rings. The molecule has 3 heterocycles. The zero-order valence-electron chi connectivity index (χ0n) is 17.6. The van der Waals surface area contributed by atoms with Crippen LogP contribution in [-0.4, -0.2) is 43.9 Å². The molecule has 1 aromatic heterocycles. The summed E-state index contributed by atoms with van der Waals surface area (Å²) in [6, 6.07) is 13.1. The minimum absolute atomic E-state index is 0.0926. The average Bonchev–Trinajstić information content (AvgIpc) is 3.48. The molecule has 5 heteroatoms. The van der Waals surface area contributed by atoms with E-state index in [2.05, 4.69) is 46.8 Å². The van der Waals surface area contributed by atoms with Gasteiger partial charge in [0.15, 0.2) is 17.6 Å². The summed E-state index contributed by atoms with van der Waals surface area (Å²) in [5.41, 5.74) is 4.51. The first-order valence-electron chi connectivity index (χ1n) is 11.6. The molecule has 1 saturated heterocycles. The number of piperidine rings is 1. The smallest absolute Gasteiger partial charge is 0.166 e. The number of aromatic nitrogens is 1. The molecule has 0 amide bonds. The predicted molar refractivity (Wildman–Crippen MR) is 117 cm³/mol. The second kappa shape index (κ2) is 5.11. The number of rotatable bonds is 1. The molecule has 3 aromatic rings. The van der Waals surface area contributed by atoms with Crippen LogP contribution >= 0.6 is 0 Å². The SMILES string of the molecule is Cn1c2c(c3ccccc31)C[C@@]1(O)[C@H]3Cc4ccc(O)c5c4[C@@]1(CCN3C1CC1)[C@H]2O5. The quantitative estimate of drug-likeness (QED) is 0.641. The minimum Gasteiger partial charge on any atom is -0.504 e. The fourth-order valence-corrected chi connectivity index (χ4v) is 7.87. The van der Waals surface area contributed by atoms with Crippen molar-refractivity contribution in [1.29, 1.82) is 0 Å². The minimum atomic E-state index is -0.901. The van der Waals surface area contributed by atoms with Crippen LogP contribution in [0, 0.1) is 0 Å². The van der Waals surface area contributed by atoms with Crippen LogP contribution in [0.3, 0.4) is 0 Å². The van der Waals surface area contributed by atoms with Gasteiger partial charge in [0.25, 0.3) is 0 Å². The molecule has 2 bridgehead atoms. The largest absolute Gasteiger partial charge is 0.504 e. The molecule has 3 aliphatic carbocycles. The molecule has 2 aliphatic heterocycles. The number of ether oxygens (including phenoxy) is 1. The van der Waals surface area contributed by atoms with Crippen molar-refractivity contribution in [3.8, 4) is 11.5 Å². The van der Waals surface area contributed by atoms with Crippen molar-refractivity contribution in [3.05, 3.63) is 58.8 Å². The van der Waals surface area contributed by atoms with E-state index in [1.807, 2.05) is 0 Å². The number of aliphatic hydroxyl groups is 1. The highest BCUT2D eigenvalue weighted by Gasteiger charge is 2.73. The molecule has 31 heavy (non-hydrogen) atoms. The number of aromatic hydroxyl groups is 1.